The lowest BCUT2D eigenvalue weighted by Crippen LogP contribution is -2.28. The zero-order chi connectivity index (χ0) is 22.8. The molecule has 0 atom stereocenters. The van der Waals surface area contributed by atoms with E-state index < -0.39 is 11.8 Å². The number of benzene rings is 2. The molecule has 1 saturated carbocycles. The Morgan fingerprint density at radius 1 is 1.06 bits per heavy atom. The quantitative estimate of drug-likeness (QED) is 0.543. The number of hydrogen-bond donors (Lipinski definition) is 1. The molecule has 166 valence electrons. The number of methoxy groups -OCH3 is 1. The maximum atomic E-state index is 12.9. The lowest BCUT2D eigenvalue weighted by molar-refractivity contribution is -0.274. The molecule has 1 N–H and O–H groups in total. The molecule has 4 rings (SSSR count). The number of halogens is 3. The number of alkyl halides is 3. The molecule has 3 aromatic rings. The van der Waals surface area contributed by atoms with Crippen LogP contribution < -0.4 is 14.8 Å². The van der Waals surface area contributed by atoms with Crippen LogP contribution in [0.25, 0.3) is 0 Å². The standard InChI is InChI=1S/C24H21F3N2O3/c1-31-20-5-3-2-4-17(20)14-16-6-11-21(28-15-16)29-22(30)23(12-13-23)18-7-9-19(10-8-18)32-24(25,26)27/h2-11,15H,12-14H2,1H3,(H,28,29,30). The van der Waals surface area contributed by atoms with Crippen LogP contribution in [0.4, 0.5) is 19.0 Å². The minimum absolute atomic E-state index is 0.230. The van der Waals surface area contributed by atoms with Gasteiger partial charge in [0.25, 0.3) is 0 Å². The molecule has 0 radical (unpaired) electrons. The first-order valence-corrected chi connectivity index (χ1v) is 10.0. The molecule has 1 amide bonds. The second-order valence-corrected chi connectivity index (χ2v) is 7.65. The second-order valence-electron chi connectivity index (χ2n) is 7.65. The van der Waals surface area contributed by atoms with Gasteiger partial charge < -0.3 is 14.8 Å². The molecular weight excluding hydrogens is 421 g/mol. The van der Waals surface area contributed by atoms with E-state index >= 15 is 0 Å². The Bertz CT molecular complexity index is 1090. The minimum Gasteiger partial charge on any atom is -0.496 e. The minimum atomic E-state index is -4.75. The third-order valence-corrected chi connectivity index (χ3v) is 5.48. The van der Waals surface area contributed by atoms with E-state index in [-0.39, 0.29) is 11.7 Å². The molecule has 2 aromatic carbocycles. The van der Waals surface area contributed by atoms with Crippen molar-refractivity contribution < 1.29 is 27.4 Å². The molecule has 32 heavy (non-hydrogen) atoms. The summed E-state index contributed by atoms with van der Waals surface area (Å²) < 4.78 is 46.3. The highest BCUT2D eigenvalue weighted by molar-refractivity contribution is 6.00. The van der Waals surface area contributed by atoms with Gasteiger partial charge in [-0.05, 0) is 53.8 Å². The number of nitrogens with zero attached hydrogens (tertiary/aromatic N) is 1. The van der Waals surface area contributed by atoms with Gasteiger partial charge in [0.15, 0.2) is 0 Å². The SMILES string of the molecule is COc1ccccc1Cc1ccc(NC(=O)C2(c3ccc(OC(F)(F)F)cc3)CC2)nc1. The number of ether oxygens (including phenoxy) is 2. The van der Waals surface area contributed by atoms with E-state index in [1.807, 2.05) is 30.3 Å². The highest BCUT2D eigenvalue weighted by atomic mass is 19.4. The van der Waals surface area contributed by atoms with Gasteiger partial charge in [-0.3, -0.25) is 4.79 Å². The Labute approximate surface area is 183 Å². The van der Waals surface area contributed by atoms with Gasteiger partial charge >= 0.3 is 6.36 Å². The molecule has 1 heterocycles. The van der Waals surface area contributed by atoms with Crippen LogP contribution in [-0.2, 0) is 16.6 Å². The van der Waals surface area contributed by atoms with Crippen molar-refractivity contribution in [2.45, 2.75) is 31.0 Å². The number of rotatable bonds is 7. The van der Waals surface area contributed by atoms with E-state index in [0.29, 0.717) is 30.6 Å². The van der Waals surface area contributed by atoms with Crippen LogP contribution >= 0.6 is 0 Å². The fourth-order valence-corrected chi connectivity index (χ4v) is 3.66. The highest BCUT2D eigenvalue weighted by Gasteiger charge is 2.51. The number of carbonyl (C=O) groups is 1. The Morgan fingerprint density at radius 3 is 2.38 bits per heavy atom. The van der Waals surface area contributed by atoms with Gasteiger partial charge in [0.1, 0.15) is 17.3 Å². The van der Waals surface area contributed by atoms with Crippen LogP contribution in [0.2, 0.25) is 0 Å². The van der Waals surface area contributed by atoms with Crippen LogP contribution in [0.5, 0.6) is 11.5 Å². The average Bonchev–Trinajstić information content (AvgIpc) is 3.57. The van der Waals surface area contributed by atoms with Gasteiger partial charge in [-0.1, -0.05) is 36.4 Å². The molecule has 5 nitrogen and oxygen atoms in total. The lowest BCUT2D eigenvalue weighted by atomic mass is 9.95. The van der Waals surface area contributed by atoms with Gasteiger partial charge in [-0.25, -0.2) is 4.98 Å². The number of hydrogen-bond acceptors (Lipinski definition) is 4. The van der Waals surface area contributed by atoms with Gasteiger partial charge in [0.05, 0.1) is 12.5 Å². The molecular formula is C24H21F3N2O3. The van der Waals surface area contributed by atoms with Crippen LogP contribution in [0.1, 0.15) is 29.5 Å². The fourth-order valence-electron chi connectivity index (χ4n) is 3.66. The summed E-state index contributed by atoms with van der Waals surface area (Å²) in [4.78, 5) is 17.2. The third kappa shape index (κ3) is 4.85. The first-order valence-electron chi connectivity index (χ1n) is 10.0. The largest absolute Gasteiger partial charge is 0.573 e. The smallest absolute Gasteiger partial charge is 0.496 e. The molecule has 1 aliphatic rings. The van der Waals surface area contributed by atoms with Crippen molar-refractivity contribution in [2.24, 2.45) is 0 Å². The zero-order valence-electron chi connectivity index (χ0n) is 17.3. The lowest BCUT2D eigenvalue weighted by Gasteiger charge is -2.16. The van der Waals surface area contributed by atoms with Crippen molar-refractivity contribution >= 4 is 11.7 Å². The number of anilines is 1. The van der Waals surface area contributed by atoms with Crippen LogP contribution in [0.15, 0.2) is 66.9 Å². The second kappa shape index (κ2) is 8.53. The van der Waals surface area contributed by atoms with Crippen molar-refractivity contribution in [1.82, 2.24) is 4.98 Å². The van der Waals surface area contributed by atoms with Gasteiger partial charge in [-0.2, -0.15) is 0 Å². The Morgan fingerprint density at radius 2 is 1.78 bits per heavy atom. The predicted molar refractivity (Wildman–Crippen MR) is 113 cm³/mol. The van der Waals surface area contributed by atoms with E-state index in [4.69, 9.17) is 4.74 Å². The van der Waals surface area contributed by atoms with Crippen LogP contribution in [0, 0.1) is 0 Å². The van der Waals surface area contributed by atoms with Crippen molar-refractivity contribution in [1.29, 1.82) is 0 Å². The van der Waals surface area contributed by atoms with Gasteiger partial charge in [0.2, 0.25) is 5.91 Å². The molecule has 8 heteroatoms. The molecule has 0 unspecified atom stereocenters. The van der Waals surface area contributed by atoms with Gasteiger partial charge in [0, 0.05) is 12.6 Å². The third-order valence-electron chi connectivity index (χ3n) is 5.48. The van der Waals surface area contributed by atoms with Crippen molar-refractivity contribution in [3.8, 4) is 11.5 Å². The molecule has 0 spiro atoms. The summed E-state index contributed by atoms with van der Waals surface area (Å²) in [6.07, 6.45) is -1.18. The topological polar surface area (TPSA) is 60.5 Å². The van der Waals surface area contributed by atoms with Crippen molar-refractivity contribution in [3.05, 3.63) is 83.6 Å². The van der Waals surface area contributed by atoms with Gasteiger partial charge in [-0.15, -0.1) is 13.2 Å². The number of amides is 1. The molecule has 1 aromatic heterocycles. The summed E-state index contributed by atoms with van der Waals surface area (Å²) >= 11 is 0. The van der Waals surface area contributed by atoms with E-state index in [0.717, 1.165) is 16.9 Å². The van der Waals surface area contributed by atoms with Crippen molar-refractivity contribution in [3.63, 3.8) is 0 Å². The normalized spacial score (nSPS) is 14.5. The Hall–Kier alpha value is -3.55. The monoisotopic (exact) mass is 442 g/mol. The number of pyridine rings is 1. The molecule has 0 aliphatic heterocycles. The Kier molecular flexibility index (Phi) is 5.78. The highest BCUT2D eigenvalue weighted by Crippen LogP contribution is 2.49. The number of para-hydroxylation sites is 1. The molecule has 0 saturated heterocycles. The summed E-state index contributed by atoms with van der Waals surface area (Å²) in [7, 11) is 1.63. The summed E-state index contributed by atoms with van der Waals surface area (Å²) in [5, 5.41) is 2.82. The summed E-state index contributed by atoms with van der Waals surface area (Å²) in [5.74, 6) is 0.672. The Balaban J connectivity index is 1.41. The maximum absolute atomic E-state index is 12.9. The number of aromatic nitrogens is 1. The molecule has 1 fully saturated rings. The maximum Gasteiger partial charge on any atom is 0.573 e. The zero-order valence-corrected chi connectivity index (χ0v) is 17.3. The summed E-state index contributed by atoms with van der Waals surface area (Å²) in [6, 6.07) is 16.8. The number of carbonyl (C=O) groups excluding carboxylic acids is 1. The van der Waals surface area contributed by atoms with E-state index in [1.165, 1.54) is 24.3 Å². The first-order chi connectivity index (χ1) is 15.3. The molecule has 1 aliphatic carbocycles. The van der Waals surface area contributed by atoms with Crippen LogP contribution in [-0.4, -0.2) is 24.4 Å². The van der Waals surface area contributed by atoms with Crippen LogP contribution in [0.3, 0.4) is 0 Å². The summed E-state index contributed by atoms with van der Waals surface area (Å²) in [5.41, 5.74) is 1.89. The van der Waals surface area contributed by atoms with E-state index in [2.05, 4.69) is 15.0 Å². The average molecular weight is 442 g/mol. The van der Waals surface area contributed by atoms with E-state index in [9.17, 15) is 18.0 Å². The van der Waals surface area contributed by atoms with E-state index in [1.54, 1.807) is 19.4 Å². The number of nitrogens with one attached hydrogen (secondary N) is 1. The fraction of sp³-hybridized carbons (Fsp3) is 0.250. The summed E-state index contributed by atoms with van der Waals surface area (Å²) in [6.45, 7) is 0. The van der Waals surface area contributed by atoms with Crippen molar-refractivity contribution in [2.75, 3.05) is 12.4 Å². The molecule has 0 bridgehead atoms. The first kappa shape index (κ1) is 21.7. The predicted octanol–water partition coefficient (Wildman–Crippen LogP) is 5.25.